The van der Waals surface area contributed by atoms with Gasteiger partial charge >= 0.3 is 6.09 Å². The molecule has 2 unspecified atom stereocenters. The fraction of sp³-hybridized carbons (Fsp3) is 0.464. The lowest BCUT2D eigenvalue weighted by atomic mass is 9.99. The molecule has 0 saturated heterocycles. The van der Waals surface area contributed by atoms with Crippen molar-refractivity contribution in [3.05, 3.63) is 71.3 Å². The van der Waals surface area contributed by atoms with Gasteiger partial charge in [0.05, 0.1) is 0 Å². The summed E-state index contributed by atoms with van der Waals surface area (Å²) in [6.07, 6.45) is 0.149. The van der Waals surface area contributed by atoms with Crippen molar-refractivity contribution in [2.24, 2.45) is 0 Å². The molecule has 7 nitrogen and oxygen atoms in total. The van der Waals surface area contributed by atoms with Crippen LogP contribution >= 0.6 is 12.6 Å². The van der Waals surface area contributed by atoms with Gasteiger partial charge in [0.2, 0.25) is 11.8 Å². The van der Waals surface area contributed by atoms with Crippen LogP contribution in [0.5, 0.6) is 0 Å². The van der Waals surface area contributed by atoms with E-state index in [9.17, 15) is 14.4 Å². The maximum Gasteiger partial charge on any atom is 0.408 e. The molecule has 0 spiro atoms. The largest absolute Gasteiger partial charge is 0.444 e. The van der Waals surface area contributed by atoms with E-state index in [1.807, 2.05) is 68.4 Å². The van der Waals surface area contributed by atoms with Gasteiger partial charge in [0.1, 0.15) is 17.7 Å². The summed E-state index contributed by atoms with van der Waals surface area (Å²) in [5, 5.41) is 5.60. The molecule has 36 heavy (non-hydrogen) atoms. The van der Waals surface area contributed by atoms with Crippen LogP contribution in [-0.4, -0.2) is 46.2 Å². The van der Waals surface area contributed by atoms with E-state index in [-0.39, 0.29) is 17.7 Å². The molecule has 0 fully saturated rings. The van der Waals surface area contributed by atoms with E-state index in [1.54, 1.807) is 20.8 Å². The number of benzene rings is 2. The number of rotatable bonds is 10. The predicted octanol–water partition coefficient (Wildman–Crippen LogP) is 4.67. The van der Waals surface area contributed by atoms with E-state index in [1.165, 1.54) is 4.90 Å². The monoisotopic (exact) mass is 513 g/mol. The van der Waals surface area contributed by atoms with Crippen LogP contribution in [0.1, 0.15) is 64.3 Å². The Morgan fingerprint density at radius 2 is 1.58 bits per heavy atom. The molecule has 2 aromatic rings. The molecule has 0 aliphatic rings. The Kier molecular flexibility index (Phi) is 10.8. The molecular formula is C28H39N3O4S. The first kappa shape index (κ1) is 29.2. The maximum absolute atomic E-state index is 13.8. The minimum absolute atomic E-state index is 0.0500. The van der Waals surface area contributed by atoms with Crippen LogP contribution < -0.4 is 10.6 Å². The highest BCUT2D eigenvalue weighted by Crippen LogP contribution is 2.26. The molecule has 0 heterocycles. The van der Waals surface area contributed by atoms with Gasteiger partial charge < -0.3 is 20.3 Å². The standard InChI is InChI=1S/C28H39N3O4S/c1-7-20-13-15-22(16-14-20)24(25(32)29-17-21-11-9-8-10-12-21)31(19(2)3)26(33)23(18-36)30-27(34)35-28(4,5)6/h8-16,19,23-24,36H,7,17-18H2,1-6H3,(H,29,32)(H,30,34). The Morgan fingerprint density at radius 3 is 2.08 bits per heavy atom. The zero-order valence-electron chi connectivity index (χ0n) is 22.1. The van der Waals surface area contributed by atoms with E-state index in [0.717, 1.165) is 17.5 Å². The molecule has 196 valence electrons. The van der Waals surface area contributed by atoms with Gasteiger partial charge in [-0.05, 0) is 57.7 Å². The third kappa shape index (κ3) is 8.59. The predicted molar refractivity (Wildman–Crippen MR) is 146 cm³/mol. The summed E-state index contributed by atoms with van der Waals surface area (Å²) in [5.41, 5.74) is 2.06. The number of nitrogens with zero attached hydrogens (tertiary/aromatic N) is 1. The normalized spacial score (nSPS) is 13.0. The number of amides is 3. The first-order valence-corrected chi connectivity index (χ1v) is 12.9. The summed E-state index contributed by atoms with van der Waals surface area (Å²) in [5.74, 6) is -0.667. The van der Waals surface area contributed by atoms with Crippen LogP contribution in [0.3, 0.4) is 0 Å². The number of aryl methyl sites for hydroxylation is 1. The lowest BCUT2D eigenvalue weighted by Crippen LogP contribution is -2.55. The summed E-state index contributed by atoms with van der Waals surface area (Å²) in [6.45, 7) is 11.3. The minimum atomic E-state index is -0.968. The Morgan fingerprint density at radius 1 is 0.972 bits per heavy atom. The summed E-state index contributed by atoms with van der Waals surface area (Å²) in [7, 11) is 0. The third-order valence-corrected chi connectivity index (χ3v) is 5.89. The molecule has 2 N–H and O–H groups in total. The van der Waals surface area contributed by atoms with Gasteiger partial charge in [-0.1, -0.05) is 61.5 Å². The number of hydrogen-bond acceptors (Lipinski definition) is 5. The van der Waals surface area contributed by atoms with Crippen molar-refractivity contribution >= 4 is 30.5 Å². The van der Waals surface area contributed by atoms with Crippen molar-refractivity contribution in [2.45, 2.75) is 78.2 Å². The van der Waals surface area contributed by atoms with E-state index in [2.05, 4.69) is 30.2 Å². The summed E-state index contributed by atoms with van der Waals surface area (Å²) in [6, 6.07) is 15.1. The number of ether oxygens (including phenoxy) is 1. The molecular weight excluding hydrogens is 474 g/mol. The van der Waals surface area contributed by atoms with Gasteiger partial charge in [-0.2, -0.15) is 12.6 Å². The van der Waals surface area contributed by atoms with E-state index < -0.39 is 29.7 Å². The van der Waals surface area contributed by atoms with Crippen LogP contribution in [0.15, 0.2) is 54.6 Å². The number of carbonyl (C=O) groups excluding carboxylic acids is 3. The second-order valence-electron chi connectivity index (χ2n) is 9.92. The van der Waals surface area contributed by atoms with Crippen molar-refractivity contribution in [3.8, 4) is 0 Å². The van der Waals surface area contributed by atoms with Crippen molar-refractivity contribution in [1.82, 2.24) is 15.5 Å². The van der Waals surface area contributed by atoms with Crippen LogP contribution in [0.4, 0.5) is 4.79 Å². The van der Waals surface area contributed by atoms with E-state index in [4.69, 9.17) is 4.74 Å². The average molecular weight is 514 g/mol. The Balaban J connectivity index is 2.38. The number of nitrogens with one attached hydrogen (secondary N) is 2. The van der Waals surface area contributed by atoms with Crippen LogP contribution in [0.25, 0.3) is 0 Å². The zero-order chi connectivity index (χ0) is 26.9. The van der Waals surface area contributed by atoms with Gasteiger partial charge in [-0.3, -0.25) is 9.59 Å². The fourth-order valence-electron chi connectivity index (χ4n) is 3.75. The quantitative estimate of drug-likeness (QED) is 0.403. The van der Waals surface area contributed by atoms with Crippen molar-refractivity contribution in [2.75, 3.05) is 5.75 Å². The lowest BCUT2D eigenvalue weighted by Gasteiger charge is -2.37. The summed E-state index contributed by atoms with van der Waals surface area (Å²) < 4.78 is 5.33. The molecule has 0 aromatic heterocycles. The third-order valence-electron chi connectivity index (χ3n) is 5.52. The zero-order valence-corrected chi connectivity index (χ0v) is 23.0. The Bertz CT molecular complexity index is 1000. The lowest BCUT2D eigenvalue weighted by molar-refractivity contribution is -0.144. The highest BCUT2D eigenvalue weighted by Gasteiger charge is 2.37. The number of hydrogen-bond donors (Lipinski definition) is 3. The highest BCUT2D eigenvalue weighted by atomic mass is 32.1. The summed E-state index contributed by atoms with van der Waals surface area (Å²) >= 11 is 4.31. The van der Waals surface area contributed by atoms with Crippen molar-refractivity contribution in [1.29, 1.82) is 0 Å². The molecule has 2 atom stereocenters. The van der Waals surface area contributed by atoms with Gasteiger partial charge in [0, 0.05) is 18.3 Å². The van der Waals surface area contributed by atoms with Crippen molar-refractivity contribution in [3.63, 3.8) is 0 Å². The molecule has 2 aromatic carbocycles. The van der Waals surface area contributed by atoms with Gasteiger partial charge in [-0.15, -0.1) is 0 Å². The SMILES string of the molecule is CCc1ccc(C(C(=O)NCc2ccccc2)N(C(=O)C(CS)NC(=O)OC(C)(C)C)C(C)C)cc1. The first-order chi connectivity index (χ1) is 17.0. The smallest absolute Gasteiger partial charge is 0.408 e. The second kappa shape index (κ2) is 13.3. The van der Waals surface area contributed by atoms with Crippen molar-refractivity contribution < 1.29 is 19.1 Å². The van der Waals surface area contributed by atoms with Gasteiger partial charge in [-0.25, -0.2) is 4.79 Å². The van der Waals surface area contributed by atoms with Crippen LogP contribution in [0, 0.1) is 0 Å². The number of carbonyl (C=O) groups is 3. The highest BCUT2D eigenvalue weighted by molar-refractivity contribution is 7.80. The number of thiol groups is 1. The Hall–Kier alpha value is -3.00. The molecule has 0 radical (unpaired) electrons. The maximum atomic E-state index is 13.8. The molecule has 8 heteroatoms. The van der Waals surface area contributed by atoms with Gasteiger partial charge in [0.25, 0.3) is 0 Å². The molecule has 3 amide bonds. The topological polar surface area (TPSA) is 87.7 Å². The molecule has 0 aliphatic carbocycles. The second-order valence-corrected chi connectivity index (χ2v) is 10.3. The van der Waals surface area contributed by atoms with E-state index >= 15 is 0 Å². The first-order valence-electron chi connectivity index (χ1n) is 12.3. The fourth-order valence-corrected chi connectivity index (χ4v) is 4.00. The Labute approximate surface area is 220 Å². The van der Waals surface area contributed by atoms with Crippen LogP contribution in [-0.2, 0) is 27.3 Å². The molecule has 2 rings (SSSR count). The molecule has 0 saturated carbocycles. The average Bonchev–Trinajstić information content (AvgIpc) is 2.83. The molecule has 0 aliphatic heterocycles. The minimum Gasteiger partial charge on any atom is -0.444 e. The number of alkyl carbamates (subject to hydrolysis) is 1. The van der Waals surface area contributed by atoms with Crippen LogP contribution in [0.2, 0.25) is 0 Å². The summed E-state index contributed by atoms with van der Waals surface area (Å²) in [4.78, 5) is 41.3. The molecule has 0 bridgehead atoms. The van der Waals surface area contributed by atoms with Gasteiger partial charge in [0.15, 0.2) is 0 Å². The van der Waals surface area contributed by atoms with E-state index in [0.29, 0.717) is 12.1 Å².